The molecule has 3 fully saturated rings. The molecule has 2 unspecified atom stereocenters. The molecule has 1 aromatic carbocycles. The molecule has 0 aromatic heterocycles. The average molecular weight is 450 g/mol. The average Bonchev–Trinajstić information content (AvgIpc) is 3.22. The van der Waals surface area contributed by atoms with E-state index in [-0.39, 0.29) is 40.8 Å². The highest BCUT2D eigenvalue weighted by atomic mass is 32.2. The Hall–Kier alpha value is -1.64. The number of benzene rings is 1. The van der Waals surface area contributed by atoms with Crippen molar-refractivity contribution in [2.75, 3.05) is 25.5 Å². The van der Waals surface area contributed by atoms with Crippen molar-refractivity contribution in [1.29, 1.82) is 0 Å². The molecule has 0 radical (unpaired) electrons. The zero-order valence-corrected chi connectivity index (χ0v) is 19.8. The van der Waals surface area contributed by atoms with Gasteiger partial charge in [-0.3, -0.25) is 4.79 Å². The SMILES string of the molecule is CNc1ccc(C(=O)NC2C3(C)CC[C@H](C3)C2(C)C)cc1S(=O)(=O)N1CCC(O)CC1. The van der Waals surface area contributed by atoms with E-state index in [4.69, 9.17) is 0 Å². The molecule has 1 amide bonds. The number of anilines is 1. The molecule has 3 N–H and O–H groups in total. The van der Waals surface area contributed by atoms with Gasteiger partial charge in [0.2, 0.25) is 10.0 Å². The molecule has 3 atom stereocenters. The molecular formula is C23H35N3O4S. The van der Waals surface area contributed by atoms with Crippen molar-refractivity contribution in [3.63, 3.8) is 0 Å². The number of sulfonamides is 1. The van der Waals surface area contributed by atoms with Crippen LogP contribution in [-0.2, 0) is 10.0 Å². The number of aliphatic hydroxyl groups is 1. The van der Waals surface area contributed by atoms with Crippen LogP contribution in [0.1, 0.15) is 63.2 Å². The van der Waals surface area contributed by atoms with E-state index in [1.807, 2.05) is 0 Å². The van der Waals surface area contributed by atoms with Gasteiger partial charge in [-0.2, -0.15) is 4.31 Å². The van der Waals surface area contributed by atoms with Crippen LogP contribution in [0.4, 0.5) is 5.69 Å². The summed E-state index contributed by atoms with van der Waals surface area (Å²) in [6.07, 6.45) is 3.84. The van der Waals surface area contributed by atoms with Gasteiger partial charge < -0.3 is 15.7 Å². The Labute approximate surface area is 185 Å². The minimum absolute atomic E-state index is 0.0249. The van der Waals surface area contributed by atoms with Crippen LogP contribution in [0.2, 0.25) is 0 Å². The van der Waals surface area contributed by atoms with Crippen molar-refractivity contribution in [3.05, 3.63) is 23.8 Å². The van der Waals surface area contributed by atoms with Gasteiger partial charge in [-0.1, -0.05) is 20.8 Å². The van der Waals surface area contributed by atoms with Gasteiger partial charge in [0.1, 0.15) is 4.90 Å². The minimum Gasteiger partial charge on any atom is -0.393 e. The summed E-state index contributed by atoms with van der Waals surface area (Å²) < 4.78 is 28.0. The zero-order valence-electron chi connectivity index (χ0n) is 18.9. The summed E-state index contributed by atoms with van der Waals surface area (Å²) >= 11 is 0. The molecule has 3 aliphatic rings. The molecule has 1 aliphatic heterocycles. The van der Waals surface area contributed by atoms with Crippen molar-refractivity contribution in [2.45, 2.75) is 69.9 Å². The first-order chi connectivity index (χ1) is 14.5. The summed E-state index contributed by atoms with van der Waals surface area (Å²) in [5.74, 6) is 0.389. The van der Waals surface area contributed by atoms with E-state index in [1.165, 1.54) is 16.8 Å². The largest absolute Gasteiger partial charge is 0.393 e. The number of hydrogen-bond donors (Lipinski definition) is 3. The van der Waals surface area contributed by atoms with Crippen molar-refractivity contribution in [2.24, 2.45) is 16.7 Å². The predicted octanol–water partition coefficient (Wildman–Crippen LogP) is 2.82. The fourth-order valence-corrected chi connectivity index (χ4v) is 7.88. The maximum Gasteiger partial charge on any atom is 0.251 e. The van der Waals surface area contributed by atoms with E-state index in [1.54, 1.807) is 19.2 Å². The van der Waals surface area contributed by atoms with E-state index in [0.29, 0.717) is 30.0 Å². The lowest BCUT2D eigenvalue weighted by atomic mass is 9.68. The van der Waals surface area contributed by atoms with E-state index < -0.39 is 16.1 Å². The summed E-state index contributed by atoms with van der Waals surface area (Å²) in [6, 6.07) is 4.90. The molecule has 1 heterocycles. The number of nitrogens with zero attached hydrogens (tertiary/aromatic N) is 1. The first kappa shape index (κ1) is 22.6. The third-order valence-corrected chi connectivity index (χ3v) is 10.0. The molecule has 2 bridgehead atoms. The van der Waals surface area contributed by atoms with Crippen LogP contribution in [0, 0.1) is 16.7 Å². The predicted molar refractivity (Wildman–Crippen MR) is 120 cm³/mol. The lowest BCUT2D eigenvalue weighted by molar-refractivity contribution is 0.0737. The maximum atomic E-state index is 13.3. The minimum atomic E-state index is -3.78. The van der Waals surface area contributed by atoms with E-state index in [0.717, 1.165) is 12.8 Å². The Morgan fingerprint density at radius 2 is 1.84 bits per heavy atom. The fraction of sp³-hybridized carbons (Fsp3) is 0.696. The summed E-state index contributed by atoms with van der Waals surface area (Å²) in [6.45, 7) is 7.28. The summed E-state index contributed by atoms with van der Waals surface area (Å²) in [5.41, 5.74) is 0.946. The van der Waals surface area contributed by atoms with Crippen molar-refractivity contribution in [1.82, 2.24) is 9.62 Å². The van der Waals surface area contributed by atoms with Crippen LogP contribution in [0.25, 0.3) is 0 Å². The highest BCUT2D eigenvalue weighted by Gasteiger charge is 2.59. The molecule has 2 aliphatic carbocycles. The first-order valence-corrected chi connectivity index (χ1v) is 12.7. The Kier molecular flexibility index (Phi) is 5.63. The lowest BCUT2D eigenvalue weighted by Crippen LogP contribution is -2.52. The molecule has 4 rings (SSSR count). The molecule has 7 nitrogen and oxygen atoms in total. The molecule has 2 saturated carbocycles. The second kappa shape index (κ2) is 7.74. The van der Waals surface area contributed by atoms with Crippen LogP contribution < -0.4 is 10.6 Å². The van der Waals surface area contributed by atoms with Gasteiger partial charge in [0, 0.05) is 31.7 Å². The molecule has 1 aromatic rings. The molecule has 1 saturated heterocycles. The molecule has 172 valence electrons. The van der Waals surface area contributed by atoms with Crippen molar-refractivity contribution < 1.29 is 18.3 Å². The molecule has 8 heteroatoms. The molecular weight excluding hydrogens is 414 g/mol. The van der Waals surface area contributed by atoms with Gasteiger partial charge in [-0.05, 0) is 67.1 Å². The van der Waals surface area contributed by atoms with Crippen LogP contribution in [0.3, 0.4) is 0 Å². The second-order valence-electron chi connectivity index (χ2n) is 10.4. The van der Waals surface area contributed by atoms with Crippen molar-refractivity contribution >= 4 is 21.6 Å². The quantitative estimate of drug-likeness (QED) is 0.642. The van der Waals surface area contributed by atoms with Gasteiger partial charge in [0.05, 0.1) is 11.8 Å². The number of carbonyl (C=O) groups excluding carboxylic acids is 1. The standard InChI is InChI=1S/C23H35N3O4S/c1-22(2)16-7-10-23(3,14-16)21(22)25-20(28)15-5-6-18(24-4)19(13-15)31(29,30)26-11-8-17(27)9-12-26/h5-6,13,16-17,21,24,27H,7-12,14H2,1-4H3,(H,25,28)/t16-,21?,23?/m1/s1. The van der Waals surface area contributed by atoms with Crippen LogP contribution in [0.15, 0.2) is 23.1 Å². The third kappa shape index (κ3) is 3.76. The lowest BCUT2D eigenvalue weighted by Gasteiger charge is -2.43. The second-order valence-corrected chi connectivity index (χ2v) is 12.3. The van der Waals surface area contributed by atoms with Gasteiger partial charge in [0.25, 0.3) is 5.91 Å². The van der Waals surface area contributed by atoms with Gasteiger partial charge >= 0.3 is 0 Å². The Balaban J connectivity index is 1.61. The fourth-order valence-electron chi connectivity index (χ4n) is 6.18. The van der Waals surface area contributed by atoms with E-state index in [2.05, 4.69) is 31.4 Å². The number of hydrogen-bond acceptors (Lipinski definition) is 5. The number of piperidine rings is 1. The number of aliphatic hydroxyl groups excluding tert-OH is 1. The van der Waals surface area contributed by atoms with Gasteiger partial charge in [-0.15, -0.1) is 0 Å². The molecule has 31 heavy (non-hydrogen) atoms. The van der Waals surface area contributed by atoms with Gasteiger partial charge in [0.15, 0.2) is 0 Å². The Morgan fingerprint density at radius 3 is 2.42 bits per heavy atom. The van der Waals surface area contributed by atoms with Crippen LogP contribution in [-0.4, -0.2) is 56.0 Å². The number of fused-ring (bicyclic) bond motifs is 2. The highest BCUT2D eigenvalue weighted by Crippen LogP contribution is 2.62. The Bertz CT molecular complexity index is 964. The van der Waals surface area contributed by atoms with Crippen LogP contribution >= 0.6 is 0 Å². The monoisotopic (exact) mass is 449 g/mol. The number of carbonyl (C=O) groups is 1. The summed E-state index contributed by atoms with van der Waals surface area (Å²) in [7, 11) is -2.10. The number of rotatable bonds is 5. The first-order valence-electron chi connectivity index (χ1n) is 11.3. The summed E-state index contributed by atoms with van der Waals surface area (Å²) in [5, 5.41) is 15.9. The topological polar surface area (TPSA) is 98.7 Å². The summed E-state index contributed by atoms with van der Waals surface area (Å²) in [4.78, 5) is 13.3. The van der Waals surface area contributed by atoms with E-state index >= 15 is 0 Å². The van der Waals surface area contributed by atoms with Crippen LogP contribution in [0.5, 0.6) is 0 Å². The van der Waals surface area contributed by atoms with Crippen molar-refractivity contribution in [3.8, 4) is 0 Å². The number of amides is 1. The van der Waals surface area contributed by atoms with Gasteiger partial charge in [-0.25, -0.2) is 8.42 Å². The normalized spacial score (nSPS) is 31.0. The smallest absolute Gasteiger partial charge is 0.251 e. The third-order valence-electron chi connectivity index (χ3n) is 8.10. The molecule has 0 spiro atoms. The highest BCUT2D eigenvalue weighted by molar-refractivity contribution is 7.89. The Morgan fingerprint density at radius 1 is 1.16 bits per heavy atom. The number of nitrogens with one attached hydrogen (secondary N) is 2. The van der Waals surface area contributed by atoms with E-state index in [9.17, 15) is 18.3 Å². The maximum absolute atomic E-state index is 13.3. The zero-order chi connectivity index (χ0) is 22.6.